The minimum absolute atomic E-state index is 0.533. The maximum Gasteiger partial charge on any atom is 0.0544 e. The van der Waals surface area contributed by atoms with Gasteiger partial charge < -0.3 is 5.32 Å². The Balaban J connectivity index is 2.45. The lowest BCUT2D eigenvalue weighted by atomic mass is 10.2. The molecule has 1 rings (SSSR count). The molecule has 0 aliphatic heterocycles. The zero-order chi connectivity index (χ0) is 13.4. The SMILES string of the molecule is CCC(C)NCC(C)N(CC)Cc1ccccn1. The lowest BCUT2D eigenvalue weighted by Crippen LogP contribution is -2.42. The predicted molar refractivity (Wildman–Crippen MR) is 77.5 cm³/mol. The third-order valence-corrected chi connectivity index (χ3v) is 3.49. The van der Waals surface area contributed by atoms with Gasteiger partial charge in [-0.3, -0.25) is 9.88 Å². The first-order valence-corrected chi connectivity index (χ1v) is 7.04. The summed E-state index contributed by atoms with van der Waals surface area (Å²) in [6, 6.07) is 7.25. The molecule has 0 amide bonds. The molecular formula is C15H27N3. The summed E-state index contributed by atoms with van der Waals surface area (Å²) in [4.78, 5) is 6.85. The largest absolute Gasteiger partial charge is 0.313 e. The van der Waals surface area contributed by atoms with E-state index in [0.29, 0.717) is 12.1 Å². The molecule has 18 heavy (non-hydrogen) atoms. The van der Waals surface area contributed by atoms with Crippen LogP contribution in [0.2, 0.25) is 0 Å². The second kappa shape index (κ2) is 8.22. The highest BCUT2D eigenvalue weighted by molar-refractivity contribution is 5.03. The van der Waals surface area contributed by atoms with Crippen LogP contribution in [0.1, 0.15) is 39.8 Å². The molecule has 3 nitrogen and oxygen atoms in total. The standard InChI is InChI=1S/C15H27N3/c1-5-13(3)17-11-14(4)18(6-2)12-15-9-7-8-10-16-15/h7-10,13-14,17H,5-6,11-12H2,1-4H3. The molecule has 0 fully saturated rings. The molecule has 102 valence electrons. The van der Waals surface area contributed by atoms with Gasteiger partial charge in [0.05, 0.1) is 5.69 Å². The number of likely N-dealkylation sites (N-methyl/N-ethyl adjacent to an activating group) is 1. The summed E-state index contributed by atoms with van der Waals surface area (Å²) in [5.74, 6) is 0. The van der Waals surface area contributed by atoms with Crippen LogP contribution in [0.3, 0.4) is 0 Å². The summed E-state index contributed by atoms with van der Waals surface area (Å²) in [5.41, 5.74) is 1.15. The zero-order valence-electron chi connectivity index (χ0n) is 12.2. The molecule has 2 unspecified atom stereocenters. The van der Waals surface area contributed by atoms with E-state index in [-0.39, 0.29) is 0 Å². The molecule has 1 heterocycles. The van der Waals surface area contributed by atoms with Crippen molar-refractivity contribution in [3.8, 4) is 0 Å². The van der Waals surface area contributed by atoms with Crippen LogP contribution < -0.4 is 5.32 Å². The van der Waals surface area contributed by atoms with Crippen molar-refractivity contribution in [1.29, 1.82) is 0 Å². The number of nitrogens with zero attached hydrogens (tertiary/aromatic N) is 2. The molecule has 0 bridgehead atoms. The van der Waals surface area contributed by atoms with Crippen LogP contribution in [0.4, 0.5) is 0 Å². The van der Waals surface area contributed by atoms with Crippen LogP contribution in [0.15, 0.2) is 24.4 Å². The first-order valence-electron chi connectivity index (χ1n) is 7.04. The lowest BCUT2D eigenvalue weighted by molar-refractivity contribution is 0.200. The predicted octanol–water partition coefficient (Wildman–Crippen LogP) is 2.68. The first kappa shape index (κ1) is 15.1. The molecule has 0 spiro atoms. The number of hydrogen-bond acceptors (Lipinski definition) is 3. The van der Waals surface area contributed by atoms with Gasteiger partial charge in [0.15, 0.2) is 0 Å². The highest BCUT2D eigenvalue weighted by Crippen LogP contribution is 2.05. The summed E-state index contributed by atoms with van der Waals surface area (Å²) in [5, 5.41) is 3.57. The van der Waals surface area contributed by atoms with Gasteiger partial charge >= 0.3 is 0 Å². The smallest absolute Gasteiger partial charge is 0.0544 e. The van der Waals surface area contributed by atoms with E-state index in [9.17, 15) is 0 Å². The Morgan fingerprint density at radius 2 is 2.06 bits per heavy atom. The van der Waals surface area contributed by atoms with E-state index >= 15 is 0 Å². The number of aromatic nitrogens is 1. The van der Waals surface area contributed by atoms with E-state index in [1.165, 1.54) is 6.42 Å². The minimum Gasteiger partial charge on any atom is -0.313 e. The molecule has 0 aliphatic rings. The Morgan fingerprint density at radius 3 is 2.61 bits per heavy atom. The number of rotatable bonds is 8. The van der Waals surface area contributed by atoms with Gasteiger partial charge in [0.25, 0.3) is 0 Å². The van der Waals surface area contributed by atoms with Crippen LogP contribution in [-0.4, -0.2) is 35.1 Å². The van der Waals surface area contributed by atoms with E-state index < -0.39 is 0 Å². The van der Waals surface area contributed by atoms with Crippen LogP contribution in [0, 0.1) is 0 Å². The Morgan fingerprint density at radius 1 is 1.28 bits per heavy atom. The molecule has 0 saturated heterocycles. The van der Waals surface area contributed by atoms with Crippen molar-refractivity contribution >= 4 is 0 Å². The maximum atomic E-state index is 4.40. The third kappa shape index (κ3) is 5.15. The van der Waals surface area contributed by atoms with E-state index in [1.54, 1.807) is 0 Å². The minimum atomic E-state index is 0.533. The van der Waals surface area contributed by atoms with Gasteiger partial charge in [-0.1, -0.05) is 19.9 Å². The Hall–Kier alpha value is -0.930. The highest BCUT2D eigenvalue weighted by atomic mass is 15.2. The van der Waals surface area contributed by atoms with Crippen LogP contribution in [0.25, 0.3) is 0 Å². The fraction of sp³-hybridized carbons (Fsp3) is 0.667. The monoisotopic (exact) mass is 249 g/mol. The van der Waals surface area contributed by atoms with Crippen molar-refractivity contribution in [2.24, 2.45) is 0 Å². The van der Waals surface area contributed by atoms with Crippen LogP contribution >= 0.6 is 0 Å². The maximum absolute atomic E-state index is 4.40. The van der Waals surface area contributed by atoms with Gasteiger partial charge in [0.1, 0.15) is 0 Å². The fourth-order valence-electron chi connectivity index (χ4n) is 1.92. The van der Waals surface area contributed by atoms with Gasteiger partial charge in [-0.25, -0.2) is 0 Å². The number of hydrogen-bond donors (Lipinski definition) is 1. The molecule has 0 radical (unpaired) electrons. The molecular weight excluding hydrogens is 222 g/mol. The molecule has 3 heteroatoms. The topological polar surface area (TPSA) is 28.2 Å². The van der Waals surface area contributed by atoms with E-state index in [0.717, 1.165) is 25.3 Å². The van der Waals surface area contributed by atoms with Gasteiger partial charge in [0.2, 0.25) is 0 Å². The number of pyridine rings is 1. The molecule has 0 aliphatic carbocycles. The summed E-state index contributed by atoms with van der Waals surface area (Å²) in [6.45, 7) is 12.0. The molecule has 1 N–H and O–H groups in total. The quantitative estimate of drug-likeness (QED) is 0.768. The molecule has 0 saturated carbocycles. The van der Waals surface area contributed by atoms with E-state index in [4.69, 9.17) is 0 Å². The molecule has 2 atom stereocenters. The Kier molecular flexibility index (Phi) is 6.91. The van der Waals surface area contributed by atoms with Crippen molar-refractivity contribution in [3.63, 3.8) is 0 Å². The van der Waals surface area contributed by atoms with Crippen molar-refractivity contribution in [3.05, 3.63) is 30.1 Å². The van der Waals surface area contributed by atoms with Gasteiger partial charge in [0, 0.05) is 31.4 Å². The molecule has 1 aromatic heterocycles. The second-order valence-electron chi connectivity index (χ2n) is 4.95. The van der Waals surface area contributed by atoms with Crippen LogP contribution in [-0.2, 0) is 6.54 Å². The third-order valence-electron chi connectivity index (χ3n) is 3.49. The van der Waals surface area contributed by atoms with Gasteiger partial charge in [-0.2, -0.15) is 0 Å². The average molecular weight is 249 g/mol. The van der Waals surface area contributed by atoms with Crippen molar-refractivity contribution in [2.75, 3.05) is 13.1 Å². The Bertz CT molecular complexity index is 313. The normalized spacial score (nSPS) is 14.7. The second-order valence-corrected chi connectivity index (χ2v) is 4.95. The van der Waals surface area contributed by atoms with Crippen molar-refractivity contribution in [1.82, 2.24) is 15.2 Å². The van der Waals surface area contributed by atoms with E-state index in [2.05, 4.69) is 55.0 Å². The summed E-state index contributed by atoms with van der Waals surface area (Å²) < 4.78 is 0. The van der Waals surface area contributed by atoms with Gasteiger partial charge in [-0.15, -0.1) is 0 Å². The average Bonchev–Trinajstić information content (AvgIpc) is 2.42. The molecule has 0 aromatic carbocycles. The van der Waals surface area contributed by atoms with Gasteiger partial charge in [-0.05, 0) is 38.9 Å². The van der Waals surface area contributed by atoms with Crippen molar-refractivity contribution < 1.29 is 0 Å². The summed E-state index contributed by atoms with van der Waals surface area (Å²) in [6.07, 6.45) is 3.05. The summed E-state index contributed by atoms with van der Waals surface area (Å²) >= 11 is 0. The fourth-order valence-corrected chi connectivity index (χ4v) is 1.92. The summed E-state index contributed by atoms with van der Waals surface area (Å²) in [7, 11) is 0. The van der Waals surface area contributed by atoms with Crippen molar-refractivity contribution in [2.45, 2.75) is 52.7 Å². The highest BCUT2D eigenvalue weighted by Gasteiger charge is 2.13. The first-order chi connectivity index (χ1) is 8.67. The molecule has 1 aromatic rings. The number of nitrogens with one attached hydrogen (secondary N) is 1. The van der Waals surface area contributed by atoms with Crippen LogP contribution in [0.5, 0.6) is 0 Å². The zero-order valence-corrected chi connectivity index (χ0v) is 12.2. The lowest BCUT2D eigenvalue weighted by Gasteiger charge is -2.28. The van der Waals surface area contributed by atoms with E-state index in [1.807, 2.05) is 12.3 Å². The Labute approximate surface area is 112 Å².